The van der Waals surface area contributed by atoms with Crippen LogP contribution in [0.25, 0.3) is 0 Å². The highest BCUT2D eigenvalue weighted by Crippen LogP contribution is 2.53. The molecule has 3 heterocycles. The number of halogens is 1. The van der Waals surface area contributed by atoms with E-state index in [0.29, 0.717) is 24.9 Å². The number of epoxide rings is 1. The standard InChI is InChI=1S/C21H25ClN4O5/c1-19(29)9-16-21(31-16)25(12-19)17(27)10-24-26(21)13-4-5-15(22)14(8-13)18(28)23-11-20(30)6-2-3-7-20/h4-5,8,10,16,29-30H,2-3,6-7,9,11-12H2,1H3,(H,23,28). The van der Waals surface area contributed by atoms with Gasteiger partial charge in [0.15, 0.2) is 0 Å². The number of nitrogens with zero attached hydrogens (tertiary/aromatic N) is 3. The second kappa shape index (κ2) is 6.90. The number of ether oxygens (including phenoxy) is 1. The van der Waals surface area contributed by atoms with Crippen molar-refractivity contribution in [3.63, 3.8) is 0 Å². The molecule has 1 spiro atoms. The van der Waals surface area contributed by atoms with Gasteiger partial charge in [0, 0.05) is 13.0 Å². The summed E-state index contributed by atoms with van der Waals surface area (Å²) >= 11 is 6.29. The summed E-state index contributed by atoms with van der Waals surface area (Å²) in [6, 6.07) is 4.90. The smallest absolute Gasteiger partial charge is 0.271 e. The Balaban J connectivity index is 1.41. The lowest BCUT2D eigenvalue weighted by molar-refractivity contribution is -0.137. The molecule has 5 rings (SSSR count). The number of rotatable bonds is 4. The Morgan fingerprint density at radius 3 is 2.84 bits per heavy atom. The van der Waals surface area contributed by atoms with E-state index in [-0.39, 0.29) is 29.6 Å². The van der Waals surface area contributed by atoms with Crippen molar-refractivity contribution in [2.24, 2.45) is 5.10 Å². The van der Waals surface area contributed by atoms with Crippen LogP contribution in [-0.4, -0.2) is 69.4 Å². The van der Waals surface area contributed by atoms with E-state index in [0.717, 1.165) is 12.8 Å². The van der Waals surface area contributed by atoms with Gasteiger partial charge in [-0.25, -0.2) is 5.01 Å². The van der Waals surface area contributed by atoms with Crippen LogP contribution in [0.5, 0.6) is 0 Å². The van der Waals surface area contributed by atoms with E-state index >= 15 is 0 Å². The molecule has 31 heavy (non-hydrogen) atoms. The highest BCUT2D eigenvalue weighted by atomic mass is 35.5. The van der Waals surface area contributed by atoms with E-state index in [1.54, 1.807) is 30.1 Å². The summed E-state index contributed by atoms with van der Waals surface area (Å²) in [4.78, 5) is 26.7. The van der Waals surface area contributed by atoms with Gasteiger partial charge < -0.3 is 20.3 Å². The van der Waals surface area contributed by atoms with Crippen molar-refractivity contribution in [1.82, 2.24) is 10.2 Å². The van der Waals surface area contributed by atoms with Gasteiger partial charge in [0.1, 0.15) is 12.3 Å². The minimum Gasteiger partial charge on any atom is -0.388 e. The number of hydrogen-bond acceptors (Lipinski definition) is 7. The SMILES string of the molecule is CC1(O)CC2OC23N(C1)C(=O)C=NN3c1ccc(Cl)c(C(=O)NCC2(O)CCCC2)c1. The van der Waals surface area contributed by atoms with E-state index in [1.165, 1.54) is 11.1 Å². The van der Waals surface area contributed by atoms with Crippen molar-refractivity contribution < 1.29 is 24.5 Å². The first-order valence-electron chi connectivity index (χ1n) is 10.5. The second-order valence-electron chi connectivity index (χ2n) is 9.23. The molecule has 1 aliphatic carbocycles. The third-order valence-electron chi connectivity index (χ3n) is 6.59. The van der Waals surface area contributed by atoms with Gasteiger partial charge in [-0.15, -0.1) is 0 Å². The van der Waals surface area contributed by atoms with E-state index in [9.17, 15) is 19.8 Å². The highest BCUT2D eigenvalue weighted by molar-refractivity contribution is 6.34. The topological polar surface area (TPSA) is 118 Å². The molecular weight excluding hydrogens is 424 g/mol. The van der Waals surface area contributed by atoms with E-state index in [4.69, 9.17) is 16.3 Å². The molecule has 3 unspecified atom stereocenters. The molecule has 0 radical (unpaired) electrons. The zero-order chi connectivity index (χ0) is 22.0. The van der Waals surface area contributed by atoms with Crippen LogP contribution in [0, 0.1) is 0 Å². The number of amides is 2. The van der Waals surface area contributed by atoms with Crippen molar-refractivity contribution >= 4 is 35.3 Å². The average Bonchev–Trinajstić information content (AvgIpc) is 3.24. The number of aliphatic hydroxyl groups is 2. The maximum atomic E-state index is 12.8. The number of hydrogen-bond donors (Lipinski definition) is 3. The van der Waals surface area contributed by atoms with Crippen LogP contribution < -0.4 is 10.3 Å². The minimum absolute atomic E-state index is 0.115. The number of nitrogens with one attached hydrogen (secondary N) is 1. The van der Waals surface area contributed by atoms with Crippen molar-refractivity contribution in [2.75, 3.05) is 18.1 Å². The van der Waals surface area contributed by atoms with Crippen LogP contribution in [0.1, 0.15) is 49.4 Å². The molecule has 1 saturated carbocycles. The molecule has 3 fully saturated rings. The maximum absolute atomic E-state index is 12.8. The third kappa shape index (κ3) is 3.40. The molecule has 3 atom stereocenters. The highest BCUT2D eigenvalue weighted by Gasteiger charge is 2.72. The van der Waals surface area contributed by atoms with Crippen molar-refractivity contribution in [3.05, 3.63) is 28.8 Å². The Bertz CT molecular complexity index is 977. The van der Waals surface area contributed by atoms with Crippen molar-refractivity contribution in [2.45, 2.75) is 62.2 Å². The molecule has 2 amide bonds. The van der Waals surface area contributed by atoms with Crippen molar-refractivity contribution in [1.29, 1.82) is 0 Å². The fourth-order valence-electron chi connectivity index (χ4n) is 4.92. The average molecular weight is 449 g/mol. The van der Waals surface area contributed by atoms with Crippen LogP contribution in [0.3, 0.4) is 0 Å². The van der Waals surface area contributed by atoms with Crippen molar-refractivity contribution in [3.8, 4) is 0 Å². The predicted molar refractivity (Wildman–Crippen MR) is 113 cm³/mol. The van der Waals surface area contributed by atoms with Gasteiger partial charge in [0.05, 0.1) is 34.0 Å². The maximum Gasteiger partial charge on any atom is 0.271 e. The summed E-state index contributed by atoms with van der Waals surface area (Å²) in [5, 5.41) is 29.9. The number of carbonyl (C=O) groups is 2. The van der Waals surface area contributed by atoms with Crippen LogP contribution in [0.2, 0.25) is 5.02 Å². The molecule has 9 nitrogen and oxygen atoms in total. The molecule has 3 aliphatic heterocycles. The minimum atomic E-state index is -1.10. The van der Waals surface area contributed by atoms with Gasteiger partial charge >= 0.3 is 0 Å². The first-order chi connectivity index (χ1) is 14.6. The Kier molecular flexibility index (Phi) is 4.60. The molecule has 4 aliphatic rings. The summed E-state index contributed by atoms with van der Waals surface area (Å²) in [5.74, 6) is -1.83. The van der Waals surface area contributed by atoms with E-state index in [2.05, 4.69) is 10.4 Å². The van der Waals surface area contributed by atoms with E-state index < -0.39 is 29.1 Å². The van der Waals surface area contributed by atoms with E-state index in [1.807, 2.05) is 0 Å². The van der Waals surface area contributed by atoms with Crippen LogP contribution in [-0.2, 0) is 9.53 Å². The second-order valence-corrected chi connectivity index (χ2v) is 9.63. The lowest BCUT2D eigenvalue weighted by Gasteiger charge is -2.44. The van der Waals surface area contributed by atoms with Gasteiger partial charge in [0.25, 0.3) is 17.7 Å². The summed E-state index contributed by atoms with van der Waals surface area (Å²) in [7, 11) is 0. The monoisotopic (exact) mass is 448 g/mol. The number of anilines is 1. The number of piperidine rings is 1. The number of hydrazone groups is 1. The summed E-state index contributed by atoms with van der Waals surface area (Å²) in [6.07, 6.45) is 4.36. The van der Waals surface area contributed by atoms with Gasteiger partial charge in [-0.2, -0.15) is 5.10 Å². The summed E-state index contributed by atoms with van der Waals surface area (Å²) in [5.41, 5.74) is -1.14. The molecule has 1 aromatic carbocycles. The molecular formula is C21H25ClN4O5. The first-order valence-corrected chi connectivity index (χ1v) is 10.9. The lowest BCUT2D eigenvalue weighted by Crippen LogP contribution is -2.64. The fraction of sp³-hybridized carbons (Fsp3) is 0.571. The van der Waals surface area contributed by atoms with Crippen LogP contribution in [0.4, 0.5) is 5.69 Å². The molecule has 1 aromatic rings. The molecule has 3 N–H and O–H groups in total. The zero-order valence-corrected chi connectivity index (χ0v) is 17.9. The molecule has 10 heteroatoms. The van der Waals surface area contributed by atoms with Crippen LogP contribution in [0.15, 0.2) is 23.3 Å². The quantitative estimate of drug-likeness (QED) is 0.596. The van der Waals surface area contributed by atoms with Gasteiger partial charge in [-0.05, 0) is 38.0 Å². The Morgan fingerprint density at radius 2 is 2.10 bits per heavy atom. The summed E-state index contributed by atoms with van der Waals surface area (Å²) < 4.78 is 5.89. The molecule has 0 bridgehead atoms. The van der Waals surface area contributed by atoms with Crippen LogP contribution >= 0.6 is 11.6 Å². The third-order valence-corrected chi connectivity index (χ3v) is 6.92. The Hall–Kier alpha value is -2.20. The largest absolute Gasteiger partial charge is 0.388 e. The Labute approximate surface area is 184 Å². The molecule has 166 valence electrons. The number of benzene rings is 1. The normalized spacial score (nSPS) is 33.2. The predicted octanol–water partition coefficient (Wildman–Crippen LogP) is 1.22. The van der Waals surface area contributed by atoms with Gasteiger partial charge in [-0.3, -0.25) is 14.5 Å². The molecule has 0 aromatic heterocycles. The van der Waals surface area contributed by atoms with Gasteiger partial charge in [0.2, 0.25) is 0 Å². The first kappa shape index (κ1) is 20.7. The van der Waals surface area contributed by atoms with Gasteiger partial charge in [-0.1, -0.05) is 24.4 Å². The fourth-order valence-corrected chi connectivity index (χ4v) is 5.13. The summed E-state index contributed by atoms with van der Waals surface area (Å²) in [6.45, 7) is 1.95. The lowest BCUT2D eigenvalue weighted by atomic mass is 9.92. The Morgan fingerprint density at radius 1 is 1.35 bits per heavy atom. The zero-order valence-electron chi connectivity index (χ0n) is 17.2. The molecule has 2 saturated heterocycles. The number of carbonyl (C=O) groups excluding carboxylic acids is 2.